The van der Waals surface area contributed by atoms with Crippen molar-refractivity contribution in [1.82, 2.24) is 4.90 Å². The summed E-state index contributed by atoms with van der Waals surface area (Å²) in [5.41, 5.74) is 8.33. The molecule has 1 fully saturated rings. The highest BCUT2D eigenvalue weighted by Crippen LogP contribution is 2.34. The van der Waals surface area contributed by atoms with Gasteiger partial charge >= 0.3 is 0 Å². The molecule has 0 radical (unpaired) electrons. The van der Waals surface area contributed by atoms with E-state index in [2.05, 4.69) is 55.7 Å². The van der Waals surface area contributed by atoms with E-state index in [1.807, 2.05) is 6.07 Å². The van der Waals surface area contributed by atoms with E-state index in [-0.39, 0.29) is 0 Å². The summed E-state index contributed by atoms with van der Waals surface area (Å²) in [5.74, 6) is 6.94. The maximum Gasteiger partial charge on any atom is 0.0555 e. The van der Waals surface area contributed by atoms with Crippen LogP contribution in [0.3, 0.4) is 0 Å². The van der Waals surface area contributed by atoms with Crippen molar-refractivity contribution in [2.45, 2.75) is 33.7 Å². The molecule has 2 nitrogen and oxygen atoms in total. The lowest BCUT2D eigenvalue weighted by Gasteiger charge is -2.27. The van der Waals surface area contributed by atoms with Crippen LogP contribution in [0.25, 0.3) is 0 Å². The Morgan fingerprint density at radius 2 is 2.05 bits per heavy atom. The Morgan fingerprint density at radius 3 is 2.70 bits per heavy atom. The van der Waals surface area contributed by atoms with Gasteiger partial charge in [-0.2, -0.15) is 0 Å². The van der Waals surface area contributed by atoms with Crippen molar-refractivity contribution in [1.29, 1.82) is 0 Å². The monoisotopic (exact) mass is 270 g/mol. The van der Waals surface area contributed by atoms with Crippen LogP contribution in [0.15, 0.2) is 24.3 Å². The highest BCUT2D eigenvalue weighted by Gasteiger charge is 2.31. The van der Waals surface area contributed by atoms with Crippen LogP contribution in [0.4, 0.5) is 0 Å². The van der Waals surface area contributed by atoms with Crippen molar-refractivity contribution in [3.63, 3.8) is 0 Å². The maximum absolute atomic E-state index is 5.47. The summed E-state index contributed by atoms with van der Waals surface area (Å²) in [4.78, 5) is 2.55. The summed E-state index contributed by atoms with van der Waals surface area (Å²) >= 11 is 0. The zero-order valence-corrected chi connectivity index (χ0v) is 12.9. The van der Waals surface area contributed by atoms with Crippen molar-refractivity contribution in [3.05, 3.63) is 35.4 Å². The number of nitrogens with two attached hydrogens (primary N) is 1. The number of rotatable bonds is 2. The van der Waals surface area contributed by atoms with Gasteiger partial charge in [-0.25, -0.2) is 0 Å². The Hall–Kier alpha value is -1.30. The van der Waals surface area contributed by atoms with E-state index < -0.39 is 0 Å². The zero-order valence-electron chi connectivity index (χ0n) is 12.9. The zero-order chi connectivity index (χ0) is 14.6. The highest BCUT2D eigenvalue weighted by atomic mass is 15.1. The molecule has 0 amide bonds. The Bertz CT molecular complexity index is 502. The molecule has 0 spiro atoms. The summed E-state index contributed by atoms with van der Waals surface area (Å²) in [6.07, 6.45) is 1.31. The van der Waals surface area contributed by atoms with E-state index in [1.54, 1.807) is 0 Å². The molecule has 0 aromatic heterocycles. The number of likely N-dealkylation sites (tertiary alicyclic amines) is 1. The average molecular weight is 270 g/mol. The standard InChI is InChI=1S/C18H26N2/c1-18(2,3)17-10-12-20(14-17)13-16-8-5-4-7-15(16)9-6-11-19/h4-5,7-8,17H,10-14,19H2,1-3H3. The summed E-state index contributed by atoms with van der Waals surface area (Å²) in [7, 11) is 0. The summed E-state index contributed by atoms with van der Waals surface area (Å²) in [6, 6.07) is 8.42. The minimum absolute atomic E-state index is 0.410. The fourth-order valence-corrected chi connectivity index (χ4v) is 2.85. The normalized spacial score (nSPS) is 19.7. The van der Waals surface area contributed by atoms with Crippen molar-refractivity contribution < 1.29 is 0 Å². The predicted molar refractivity (Wildman–Crippen MR) is 85.2 cm³/mol. The molecule has 1 aliphatic heterocycles. The second kappa shape index (κ2) is 6.43. The molecule has 108 valence electrons. The molecule has 2 heteroatoms. The number of benzene rings is 1. The molecule has 1 aliphatic rings. The van der Waals surface area contributed by atoms with Crippen LogP contribution in [-0.2, 0) is 6.54 Å². The van der Waals surface area contributed by atoms with Crippen LogP contribution in [0.5, 0.6) is 0 Å². The van der Waals surface area contributed by atoms with Crippen LogP contribution in [-0.4, -0.2) is 24.5 Å². The van der Waals surface area contributed by atoms with Gasteiger partial charge in [-0.05, 0) is 35.9 Å². The first-order valence-corrected chi connectivity index (χ1v) is 7.50. The quantitative estimate of drug-likeness (QED) is 0.837. The number of hydrogen-bond acceptors (Lipinski definition) is 2. The molecule has 1 aromatic rings. The largest absolute Gasteiger partial charge is 0.320 e. The predicted octanol–water partition coefficient (Wildman–Crippen LogP) is 2.86. The minimum atomic E-state index is 0.410. The van der Waals surface area contributed by atoms with E-state index in [1.165, 1.54) is 25.1 Å². The van der Waals surface area contributed by atoms with Crippen molar-refractivity contribution in [2.75, 3.05) is 19.6 Å². The van der Waals surface area contributed by atoms with E-state index in [4.69, 9.17) is 5.73 Å². The molecule has 20 heavy (non-hydrogen) atoms. The lowest BCUT2D eigenvalue weighted by atomic mass is 9.80. The summed E-state index contributed by atoms with van der Waals surface area (Å²) < 4.78 is 0. The van der Waals surface area contributed by atoms with Gasteiger partial charge in [0.25, 0.3) is 0 Å². The van der Waals surface area contributed by atoms with E-state index in [0.29, 0.717) is 12.0 Å². The Labute approximate surface area is 123 Å². The Morgan fingerprint density at radius 1 is 1.30 bits per heavy atom. The molecule has 2 rings (SSSR count). The van der Waals surface area contributed by atoms with Gasteiger partial charge in [0.2, 0.25) is 0 Å². The lowest BCUT2D eigenvalue weighted by molar-refractivity contribution is 0.226. The third-order valence-corrected chi connectivity index (χ3v) is 4.23. The fraction of sp³-hybridized carbons (Fsp3) is 0.556. The van der Waals surface area contributed by atoms with Crippen LogP contribution >= 0.6 is 0 Å². The molecule has 0 aliphatic carbocycles. The van der Waals surface area contributed by atoms with Crippen molar-refractivity contribution in [3.8, 4) is 11.8 Å². The van der Waals surface area contributed by atoms with Crippen LogP contribution in [0.2, 0.25) is 0 Å². The van der Waals surface area contributed by atoms with Crippen LogP contribution < -0.4 is 5.73 Å². The summed E-state index contributed by atoms with van der Waals surface area (Å²) in [5, 5.41) is 0. The lowest BCUT2D eigenvalue weighted by Crippen LogP contribution is -2.26. The smallest absolute Gasteiger partial charge is 0.0555 e. The average Bonchev–Trinajstić information content (AvgIpc) is 2.86. The molecule has 2 N–H and O–H groups in total. The topological polar surface area (TPSA) is 29.3 Å². The van der Waals surface area contributed by atoms with Crippen LogP contribution in [0, 0.1) is 23.2 Å². The first kappa shape index (κ1) is 15.1. The number of nitrogens with zero attached hydrogens (tertiary/aromatic N) is 1. The molecule has 1 atom stereocenters. The van der Waals surface area contributed by atoms with E-state index in [9.17, 15) is 0 Å². The second-order valence-corrected chi connectivity index (χ2v) is 6.75. The second-order valence-electron chi connectivity index (χ2n) is 6.75. The van der Waals surface area contributed by atoms with Gasteiger partial charge in [0.15, 0.2) is 0 Å². The highest BCUT2D eigenvalue weighted by molar-refractivity contribution is 5.41. The Kier molecular flexibility index (Phi) is 4.86. The van der Waals surface area contributed by atoms with Gasteiger partial charge in [0, 0.05) is 18.7 Å². The van der Waals surface area contributed by atoms with Gasteiger partial charge in [-0.15, -0.1) is 0 Å². The molecule has 1 aromatic carbocycles. The molecule has 1 unspecified atom stereocenters. The third-order valence-electron chi connectivity index (χ3n) is 4.23. The van der Waals surface area contributed by atoms with Crippen molar-refractivity contribution in [2.24, 2.45) is 17.1 Å². The van der Waals surface area contributed by atoms with Gasteiger partial charge in [0.05, 0.1) is 6.54 Å². The molecular weight excluding hydrogens is 244 g/mol. The Balaban J connectivity index is 2.05. The van der Waals surface area contributed by atoms with Gasteiger partial charge in [-0.3, -0.25) is 4.90 Å². The molecule has 1 heterocycles. The van der Waals surface area contributed by atoms with E-state index in [0.717, 1.165) is 18.0 Å². The first-order valence-electron chi connectivity index (χ1n) is 7.50. The molecule has 0 bridgehead atoms. The van der Waals surface area contributed by atoms with Gasteiger partial charge in [-0.1, -0.05) is 50.8 Å². The number of hydrogen-bond donors (Lipinski definition) is 1. The van der Waals surface area contributed by atoms with E-state index >= 15 is 0 Å². The molecular formula is C18H26N2. The van der Waals surface area contributed by atoms with Crippen LogP contribution in [0.1, 0.15) is 38.3 Å². The van der Waals surface area contributed by atoms with Gasteiger partial charge in [0.1, 0.15) is 0 Å². The first-order chi connectivity index (χ1) is 9.50. The fourth-order valence-electron chi connectivity index (χ4n) is 2.85. The minimum Gasteiger partial charge on any atom is -0.320 e. The van der Waals surface area contributed by atoms with Gasteiger partial charge < -0.3 is 5.73 Å². The summed E-state index contributed by atoms with van der Waals surface area (Å²) in [6.45, 7) is 10.9. The molecule has 0 saturated carbocycles. The third kappa shape index (κ3) is 3.85. The maximum atomic E-state index is 5.47. The SMILES string of the molecule is CC(C)(C)C1CCN(Cc2ccccc2C#CCN)C1. The molecule has 1 saturated heterocycles. The van der Waals surface area contributed by atoms with Crippen molar-refractivity contribution >= 4 is 0 Å².